The van der Waals surface area contributed by atoms with E-state index in [-0.39, 0.29) is 17.6 Å². The van der Waals surface area contributed by atoms with Crippen LogP contribution in [-0.2, 0) is 4.79 Å². The topological polar surface area (TPSA) is 55.8 Å². The van der Waals surface area contributed by atoms with Crippen molar-refractivity contribution in [3.63, 3.8) is 0 Å². The molecule has 1 aliphatic rings. The normalized spacial score (nSPS) is 14.8. The molecule has 0 N–H and O–H groups in total. The number of rotatable bonds is 6. The van der Waals surface area contributed by atoms with Gasteiger partial charge in [-0.15, -0.1) is 0 Å². The lowest BCUT2D eigenvalue weighted by atomic mass is 9.89. The molecule has 1 fully saturated rings. The molecule has 1 saturated heterocycles. The Hall–Kier alpha value is -3.08. The highest BCUT2D eigenvalue weighted by atomic mass is 16.5. The molecule has 0 unspecified atom stereocenters. The molecular weight excluding hydrogens is 366 g/mol. The average Bonchev–Trinajstić information content (AvgIpc) is 2.77. The number of Topliss-reactive ketones (excluding diaryl/α,β-unsaturated/α-hetero) is 1. The third-order valence-electron chi connectivity index (χ3n) is 5.34. The quantitative estimate of drug-likeness (QED) is 0.547. The van der Waals surface area contributed by atoms with E-state index in [9.17, 15) is 9.59 Å². The number of aryl methyl sites for hydroxylation is 1. The molecule has 2 aromatic rings. The van der Waals surface area contributed by atoms with Gasteiger partial charge in [0, 0.05) is 36.2 Å². The summed E-state index contributed by atoms with van der Waals surface area (Å²) in [7, 11) is 3.22. The molecule has 0 saturated carbocycles. The zero-order valence-corrected chi connectivity index (χ0v) is 17.2. The number of amides is 1. The van der Waals surface area contributed by atoms with Gasteiger partial charge in [0.15, 0.2) is 5.78 Å². The Kier molecular flexibility index (Phi) is 6.70. The number of ketones is 1. The van der Waals surface area contributed by atoms with E-state index in [2.05, 4.69) is 0 Å². The first kappa shape index (κ1) is 20.6. The van der Waals surface area contributed by atoms with Gasteiger partial charge in [-0.05, 0) is 62.2 Å². The number of piperidine rings is 1. The molecule has 5 nitrogen and oxygen atoms in total. The van der Waals surface area contributed by atoms with E-state index in [1.54, 1.807) is 55.5 Å². The van der Waals surface area contributed by atoms with E-state index in [1.165, 1.54) is 0 Å². The standard InChI is InChI=1S/C24H27NO4/c1-17-4-10-22(29-3)20(16-17)7-11-23(26)25-14-12-19(13-15-25)24(27)18-5-8-21(28-2)9-6-18/h4-11,16,19H,12-15H2,1-3H3. The second-order valence-corrected chi connectivity index (χ2v) is 7.27. The van der Waals surface area contributed by atoms with Crippen molar-refractivity contribution in [2.75, 3.05) is 27.3 Å². The minimum absolute atomic E-state index is 0.0381. The summed E-state index contributed by atoms with van der Waals surface area (Å²) in [5.74, 6) is 1.53. The van der Waals surface area contributed by atoms with Gasteiger partial charge in [-0.1, -0.05) is 11.6 Å². The lowest BCUT2D eigenvalue weighted by Crippen LogP contribution is -2.39. The van der Waals surface area contributed by atoms with Crippen LogP contribution < -0.4 is 9.47 Å². The molecule has 29 heavy (non-hydrogen) atoms. The minimum Gasteiger partial charge on any atom is -0.497 e. The second kappa shape index (κ2) is 9.41. The van der Waals surface area contributed by atoms with Crippen LogP contribution in [0.25, 0.3) is 6.08 Å². The monoisotopic (exact) mass is 393 g/mol. The summed E-state index contributed by atoms with van der Waals surface area (Å²) >= 11 is 0. The number of nitrogens with zero attached hydrogens (tertiary/aromatic N) is 1. The summed E-state index contributed by atoms with van der Waals surface area (Å²) in [6.07, 6.45) is 4.74. The zero-order valence-electron chi connectivity index (χ0n) is 17.2. The molecule has 0 aromatic heterocycles. The summed E-state index contributed by atoms with van der Waals surface area (Å²) in [4.78, 5) is 27.1. The number of carbonyl (C=O) groups is 2. The van der Waals surface area contributed by atoms with Crippen molar-refractivity contribution in [2.24, 2.45) is 5.92 Å². The van der Waals surface area contributed by atoms with Crippen molar-refractivity contribution in [2.45, 2.75) is 19.8 Å². The van der Waals surface area contributed by atoms with Crippen molar-refractivity contribution in [3.05, 3.63) is 65.2 Å². The van der Waals surface area contributed by atoms with Gasteiger partial charge in [0.1, 0.15) is 11.5 Å². The Labute approximate surface area is 171 Å². The Morgan fingerprint density at radius 2 is 1.69 bits per heavy atom. The zero-order chi connectivity index (χ0) is 20.8. The van der Waals surface area contributed by atoms with E-state index < -0.39 is 0 Å². The van der Waals surface area contributed by atoms with Crippen molar-refractivity contribution in [1.29, 1.82) is 0 Å². The summed E-state index contributed by atoms with van der Waals surface area (Å²) in [6, 6.07) is 13.1. The van der Waals surface area contributed by atoms with Crippen LogP contribution in [0.15, 0.2) is 48.5 Å². The van der Waals surface area contributed by atoms with Gasteiger partial charge >= 0.3 is 0 Å². The van der Waals surface area contributed by atoms with Crippen LogP contribution in [0.1, 0.15) is 34.3 Å². The Morgan fingerprint density at radius 3 is 2.31 bits per heavy atom. The molecule has 0 radical (unpaired) electrons. The maximum absolute atomic E-state index is 12.7. The van der Waals surface area contributed by atoms with Crippen LogP contribution in [0, 0.1) is 12.8 Å². The first-order chi connectivity index (χ1) is 14.0. The average molecular weight is 393 g/mol. The third kappa shape index (κ3) is 5.05. The maximum atomic E-state index is 12.7. The summed E-state index contributed by atoms with van der Waals surface area (Å²) in [5.41, 5.74) is 2.68. The van der Waals surface area contributed by atoms with Crippen LogP contribution in [-0.4, -0.2) is 43.9 Å². The van der Waals surface area contributed by atoms with E-state index in [0.29, 0.717) is 31.5 Å². The number of benzene rings is 2. The second-order valence-electron chi connectivity index (χ2n) is 7.27. The van der Waals surface area contributed by atoms with Crippen LogP contribution in [0.4, 0.5) is 0 Å². The Bertz CT molecular complexity index is 894. The number of hydrogen-bond acceptors (Lipinski definition) is 4. The number of ether oxygens (including phenoxy) is 2. The molecule has 152 valence electrons. The molecule has 2 aromatic carbocycles. The lowest BCUT2D eigenvalue weighted by Gasteiger charge is -2.30. The lowest BCUT2D eigenvalue weighted by molar-refractivity contribution is -0.127. The van der Waals surface area contributed by atoms with E-state index >= 15 is 0 Å². The molecule has 0 aliphatic carbocycles. The first-order valence-electron chi connectivity index (χ1n) is 9.81. The smallest absolute Gasteiger partial charge is 0.246 e. The van der Waals surface area contributed by atoms with Crippen LogP contribution in [0.3, 0.4) is 0 Å². The van der Waals surface area contributed by atoms with E-state index in [1.807, 2.05) is 25.1 Å². The van der Waals surface area contributed by atoms with Crippen LogP contribution in [0.5, 0.6) is 11.5 Å². The SMILES string of the molecule is COc1ccc(C(=O)C2CCN(C(=O)C=Cc3cc(C)ccc3OC)CC2)cc1. The predicted molar refractivity (Wildman–Crippen MR) is 113 cm³/mol. The molecule has 1 aliphatic heterocycles. The van der Waals surface area contributed by atoms with Crippen LogP contribution >= 0.6 is 0 Å². The molecule has 1 amide bonds. The molecular formula is C24H27NO4. The Balaban J connectivity index is 1.58. The first-order valence-corrected chi connectivity index (χ1v) is 9.81. The third-order valence-corrected chi connectivity index (χ3v) is 5.34. The van der Waals surface area contributed by atoms with Gasteiger partial charge in [-0.3, -0.25) is 9.59 Å². The fourth-order valence-electron chi connectivity index (χ4n) is 3.60. The van der Waals surface area contributed by atoms with E-state index in [0.717, 1.165) is 22.6 Å². The Morgan fingerprint density at radius 1 is 1.00 bits per heavy atom. The molecule has 1 heterocycles. The fraction of sp³-hybridized carbons (Fsp3) is 0.333. The molecule has 3 rings (SSSR count). The molecule has 0 bridgehead atoms. The van der Waals surface area contributed by atoms with Crippen LogP contribution in [0.2, 0.25) is 0 Å². The van der Waals surface area contributed by atoms with Crippen molar-refractivity contribution in [1.82, 2.24) is 4.90 Å². The number of likely N-dealkylation sites (tertiary alicyclic amines) is 1. The van der Waals surface area contributed by atoms with Crippen molar-refractivity contribution >= 4 is 17.8 Å². The summed E-state index contributed by atoms with van der Waals surface area (Å²) < 4.78 is 10.5. The number of methoxy groups -OCH3 is 2. The highest BCUT2D eigenvalue weighted by molar-refractivity contribution is 5.98. The van der Waals surface area contributed by atoms with Crippen molar-refractivity contribution in [3.8, 4) is 11.5 Å². The molecule has 0 atom stereocenters. The number of hydrogen-bond donors (Lipinski definition) is 0. The molecule has 0 spiro atoms. The number of carbonyl (C=O) groups excluding carboxylic acids is 2. The fourth-order valence-corrected chi connectivity index (χ4v) is 3.60. The highest BCUT2D eigenvalue weighted by Crippen LogP contribution is 2.24. The van der Waals surface area contributed by atoms with Gasteiger partial charge in [0.2, 0.25) is 5.91 Å². The van der Waals surface area contributed by atoms with Gasteiger partial charge in [0.25, 0.3) is 0 Å². The van der Waals surface area contributed by atoms with Gasteiger partial charge < -0.3 is 14.4 Å². The highest BCUT2D eigenvalue weighted by Gasteiger charge is 2.27. The summed E-state index contributed by atoms with van der Waals surface area (Å²) in [6.45, 7) is 3.17. The minimum atomic E-state index is -0.0479. The largest absolute Gasteiger partial charge is 0.497 e. The maximum Gasteiger partial charge on any atom is 0.246 e. The van der Waals surface area contributed by atoms with Gasteiger partial charge in [0.05, 0.1) is 14.2 Å². The summed E-state index contributed by atoms with van der Waals surface area (Å²) in [5, 5.41) is 0. The molecule has 5 heteroatoms. The van der Waals surface area contributed by atoms with E-state index in [4.69, 9.17) is 9.47 Å². The van der Waals surface area contributed by atoms with Gasteiger partial charge in [-0.2, -0.15) is 0 Å². The predicted octanol–water partition coefficient (Wildman–Crippen LogP) is 4.15. The van der Waals surface area contributed by atoms with Gasteiger partial charge in [-0.25, -0.2) is 0 Å². The van der Waals surface area contributed by atoms with Crippen molar-refractivity contribution < 1.29 is 19.1 Å².